The van der Waals surface area contributed by atoms with Gasteiger partial charge in [-0.05, 0) is 25.2 Å². The molecule has 0 radical (unpaired) electrons. The lowest BCUT2D eigenvalue weighted by Crippen LogP contribution is -2.23. The van der Waals surface area contributed by atoms with Crippen LogP contribution in [0.1, 0.15) is 51.9 Å². The van der Waals surface area contributed by atoms with Crippen molar-refractivity contribution in [2.75, 3.05) is 7.11 Å². The minimum absolute atomic E-state index is 0.0277. The first-order chi connectivity index (χ1) is 11.7. The summed E-state index contributed by atoms with van der Waals surface area (Å²) >= 11 is 0. The molecule has 0 aromatic rings. The molecule has 22 heavy (non-hydrogen) atoms. The predicted octanol–water partition coefficient (Wildman–Crippen LogP) is 3.85. The van der Waals surface area contributed by atoms with Crippen molar-refractivity contribution >= 4 is 18.8 Å². The fraction of sp³-hybridized carbons (Fsp3) is 0.875. The minimum atomic E-state index is -0.755. The van der Waals surface area contributed by atoms with E-state index in [-0.39, 0.29) is 42.9 Å². The number of hydrogen-bond donors (Lipinski definition) is 1. The van der Waals surface area contributed by atoms with E-state index in [9.17, 15) is 5.11 Å². The highest BCUT2D eigenvalue weighted by molar-refractivity contribution is 7.10. The second-order valence-corrected chi connectivity index (χ2v) is 6.51. The van der Waals surface area contributed by atoms with Gasteiger partial charge in [-0.3, -0.25) is 0 Å². The molecular weight excluding hydrogens is 318 g/mol. The molecule has 1 aliphatic carbocycles. The molecule has 0 saturated heterocycles. The topological polar surface area (TPSA) is 47.9 Å². The highest BCUT2D eigenvalue weighted by Crippen LogP contribution is 2.39. The molecule has 0 amide bonds. The highest BCUT2D eigenvalue weighted by Gasteiger charge is 2.35. The third kappa shape index (κ3) is 6.91. The van der Waals surface area contributed by atoms with E-state index in [1.54, 1.807) is 0 Å². The Morgan fingerprint density at radius 3 is 2.91 bits per heavy atom. The van der Waals surface area contributed by atoms with Gasteiger partial charge in [0.1, 0.15) is 0 Å². The number of ether oxygens (including phenoxy) is 1. The quantitative estimate of drug-likeness (QED) is 0.236. The van der Waals surface area contributed by atoms with Crippen LogP contribution in [0.2, 0.25) is 0 Å². The summed E-state index contributed by atoms with van der Waals surface area (Å²) in [6.07, 6.45) is 10.2. The van der Waals surface area contributed by atoms with Crippen LogP contribution in [-0.4, -0.2) is 33.3 Å². The van der Waals surface area contributed by atoms with E-state index in [1.807, 2.05) is 0 Å². The number of hydrogen-bond acceptors (Lipinski definition) is 4. The van der Waals surface area contributed by atoms with E-state index in [2.05, 4.69) is 19.1 Å². The highest BCUT2D eigenvalue weighted by atomic mass is 31.0. The maximum Gasteiger partial charge on any atom is 0.154 e. The van der Waals surface area contributed by atoms with E-state index < -0.39 is 6.29 Å². The van der Waals surface area contributed by atoms with E-state index in [0.29, 0.717) is 6.42 Å². The van der Waals surface area contributed by atoms with Crippen LogP contribution < -0.4 is 0 Å². The van der Waals surface area contributed by atoms with Gasteiger partial charge < -0.3 is 18.9 Å². The molecular formula is C16H32O4P2. The zero-order valence-corrected chi connectivity index (χ0v) is 15.7. The smallest absolute Gasteiger partial charge is 0.154 e. The standard InChI is InChI=1S/C16H32O4P2/c1-3-4-5-6-13(19-21)8-9-14-12(11-16(17)18-2)7-10-15(14)20-22/h8-9,12-17H,3-7,10-11,21-22H2,1-2H3/b9-8+/t12-,13?,14-,15-,16?/m1/s1/i21T,22T/t12-,13?,14-,15-,16?,21?,22?. The largest absolute Gasteiger partial charge is 0.368 e. The van der Waals surface area contributed by atoms with Crippen molar-refractivity contribution in [1.82, 2.24) is 0 Å². The predicted molar refractivity (Wildman–Crippen MR) is 96.3 cm³/mol. The Labute approximate surface area is 142 Å². The zero-order valence-electron chi connectivity index (χ0n) is 15.7. The Balaban J connectivity index is 2.69. The van der Waals surface area contributed by atoms with Crippen LogP contribution in [0.15, 0.2) is 12.2 Å². The molecule has 7 atom stereocenters. The third-order valence-corrected chi connectivity index (χ3v) is 5.12. The van der Waals surface area contributed by atoms with E-state index in [0.717, 1.165) is 25.7 Å². The van der Waals surface area contributed by atoms with Gasteiger partial charge >= 0.3 is 0 Å². The first-order valence-corrected chi connectivity index (χ1v) is 9.01. The summed E-state index contributed by atoms with van der Waals surface area (Å²) in [5, 5.41) is 9.79. The molecule has 1 rings (SSSR count). The summed E-state index contributed by atoms with van der Waals surface area (Å²) in [5.41, 5.74) is 0. The molecule has 130 valence electrons. The molecule has 4 nitrogen and oxygen atoms in total. The number of rotatable bonds is 13. The third-order valence-electron chi connectivity index (χ3n) is 4.51. The second-order valence-electron chi connectivity index (χ2n) is 6.03. The molecule has 1 fully saturated rings. The molecule has 1 aliphatic rings. The van der Waals surface area contributed by atoms with Gasteiger partial charge in [-0.2, -0.15) is 0 Å². The summed E-state index contributed by atoms with van der Waals surface area (Å²) in [4.78, 5) is 0. The Morgan fingerprint density at radius 1 is 1.36 bits per heavy atom. The summed E-state index contributed by atoms with van der Waals surface area (Å²) < 4.78 is 30.8. The Morgan fingerprint density at radius 2 is 2.23 bits per heavy atom. The molecule has 0 aliphatic heterocycles. The maximum atomic E-state index is 9.79. The molecule has 0 bridgehead atoms. The number of aliphatic hydroxyl groups is 1. The minimum Gasteiger partial charge on any atom is -0.368 e. The summed E-state index contributed by atoms with van der Waals surface area (Å²) in [6, 6.07) is 0. The SMILES string of the molecule is [3H]POC(/C=C/[C@@H]1[C@@H](CC(O)OC)CC[C@H]1OP[3H])CCCCC. The molecule has 0 aromatic carbocycles. The van der Waals surface area contributed by atoms with Crippen LogP contribution in [0, 0.1) is 11.8 Å². The van der Waals surface area contributed by atoms with Gasteiger partial charge in [0.15, 0.2) is 6.29 Å². The number of aliphatic hydroxyl groups excluding tert-OH is 1. The van der Waals surface area contributed by atoms with Crippen LogP contribution >= 0.6 is 18.8 Å². The van der Waals surface area contributed by atoms with Crippen LogP contribution in [0.5, 0.6) is 0 Å². The number of unbranched alkanes of at least 4 members (excludes halogenated alkanes) is 2. The maximum absolute atomic E-state index is 9.79. The zero-order chi connectivity index (χ0) is 17.8. The van der Waals surface area contributed by atoms with Crippen molar-refractivity contribution in [2.24, 2.45) is 11.8 Å². The average molecular weight is 354 g/mol. The van der Waals surface area contributed by atoms with Gasteiger partial charge in [-0.1, -0.05) is 38.3 Å². The molecule has 0 heterocycles. The Hall–Kier alpha value is 0.440. The Bertz CT molecular complexity index is 350. The van der Waals surface area contributed by atoms with Crippen LogP contribution in [0.25, 0.3) is 0 Å². The molecule has 0 spiro atoms. The normalized spacial score (nSPS) is 30.6. The van der Waals surface area contributed by atoms with Gasteiger partial charge in [0.2, 0.25) is 0 Å². The molecule has 6 heteroatoms. The van der Waals surface area contributed by atoms with Crippen molar-refractivity contribution in [3.05, 3.63) is 12.2 Å². The van der Waals surface area contributed by atoms with E-state index in [1.165, 1.54) is 20.0 Å². The van der Waals surface area contributed by atoms with Crippen molar-refractivity contribution in [3.63, 3.8) is 0 Å². The first-order valence-electron chi connectivity index (χ1n) is 9.20. The fourth-order valence-electron chi connectivity index (χ4n) is 3.16. The van der Waals surface area contributed by atoms with Crippen molar-refractivity contribution < 1.29 is 18.9 Å². The van der Waals surface area contributed by atoms with Gasteiger partial charge in [0.05, 0.1) is 14.8 Å². The lowest BCUT2D eigenvalue weighted by atomic mass is 9.90. The summed E-state index contributed by atoms with van der Waals surface area (Å²) in [7, 11) is 0.969. The van der Waals surface area contributed by atoms with Crippen molar-refractivity contribution in [1.29, 1.82) is 2.56 Å². The molecule has 0 aromatic heterocycles. The lowest BCUT2D eigenvalue weighted by Gasteiger charge is -2.23. The second kappa shape index (κ2) is 11.9. The van der Waals surface area contributed by atoms with Gasteiger partial charge in [0, 0.05) is 38.3 Å². The van der Waals surface area contributed by atoms with Crippen molar-refractivity contribution in [3.8, 4) is 0 Å². The average Bonchev–Trinajstić information content (AvgIpc) is 2.94. The summed E-state index contributed by atoms with van der Waals surface area (Å²) in [6.45, 7) is 2.17. The summed E-state index contributed by atoms with van der Waals surface area (Å²) in [5.74, 6) is 0.450. The van der Waals surface area contributed by atoms with Crippen LogP contribution in [0.4, 0.5) is 0 Å². The van der Waals surface area contributed by atoms with E-state index in [4.69, 9.17) is 16.3 Å². The van der Waals surface area contributed by atoms with E-state index >= 15 is 0 Å². The molecule has 4 unspecified atom stereocenters. The molecule has 1 saturated carbocycles. The monoisotopic (exact) mass is 354 g/mol. The van der Waals surface area contributed by atoms with Crippen LogP contribution in [0.3, 0.4) is 0 Å². The first kappa shape index (κ1) is 17.3. The molecule has 1 N–H and O–H groups in total. The van der Waals surface area contributed by atoms with Gasteiger partial charge in [-0.15, -0.1) is 0 Å². The van der Waals surface area contributed by atoms with Crippen LogP contribution in [-0.2, 0) is 13.8 Å². The number of methoxy groups -OCH3 is 1. The van der Waals surface area contributed by atoms with Gasteiger partial charge in [0.25, 0.3) is 0 Å². The van der Waals surface area contributed by atoms with Gasteiger partial charge in [-0.25, -0.2) is 0 Å². The lowest BCUT2D eigenvalue weighted by molar-refractivity contribution is -0.0894. The van der Waals surface area contributed by atoms with Crippen molar-refractivity contribution in [2.45, 2.75) is 70.4 Å². The fourth-order valence-corrected chi connectivity index (χ4v) is 3.63. The Kier molecular flexibility index (Phi) is 9.34.